The van der Waals surface area contributed by atoms with Crippen LogP contribution in [0.1, 0.15) is 102 Å². The summed E-state index contributed by atoms with van der Waals surface area (Å²) in [6.45, 7) is 10.2. The molecule has 292 valence electrons. The highest BCUT2D eigenvalue weighted by Gasteiger charge is 2.46. The molecule has 0 aliphatic heterocycles. The van der Waals surface area contributed by atoms with Crippen LogP contribution >= 0.6 is 0 Å². The van der Waals surface area contributed by atoms with Gasteiger partial charge in [-0.3, -0.25) is 14.4 Å². The summed E-state index contributed by atoms with van der Waals surface area (Å²) in [5, 5.41) is 3.50. The maximum absolute atomic E-state index is 14.6. The van der Waals surface area contributed by atoms with Crippen LogP contribution in [0, 0.1) is 23.2 Å². The van der Waals surface area contributed by atoms with Crippen LogP contribution in [0.3, 0.4) is 0 Å². The molecule has 3 aromatic rings. The molecule has 3 aromatic carbocycles. The van der Waals surface area contributed by atoms with E-state index < -0.39 is 16.9 Å². The van der Waals surface area contributed by atoms with Crippen molar-refractivity contribution in [1.29, 1.82) is 0 Å². The van der Waals surface area contributed by atoms with E-state index in [1.54, 1.807) is 0 Å². The van der Waals surface area contributed by atoms with E-state index >= 15 is 0 Å². The van der Waals surface area contributed by atoms with Gasteiger partial charge in [0.25, 0.3) is 0 Å². The van der Waals surface area contributed by atoms with Crippen LogP contribution in [0.4, 0.5) is 0 Å². The molecule has 0 unspecified atom stereocenters. The van der Waals surface area contributed by atoms with Crippen LogP contribution in [-0.2, 0) is 43.1 Å². The third kappa shape index (κ3) is 12.5. The molecule has 2 aliphatic rings. The van der Waals surface area contributed by atoms with Crippen molar-refractivity contribution in [3.8, 4) is 0 Å². The van der Waals surface area contributed by atoms with Crippen molar-refractivity contribution in [3.05, 3.63) is 108 Å². The van der Waals surface area contributed by atoms with Crippen molar-refractivity contribution < 1.29 is 23.9 Å². The summed E-state index contributed by atoms with van der Waals surface area (Å²) in [6, 6.07) is 31.4. The highest BCUT2D eigenvalue weighted by atomic mass is 16.6. The van der Waals surface area contributed by atoms with Gasteiger partial charge in [-0.25, -0.2) is 0 Å². The van der Waals surface area contributed by atoms with Crippen molar-refractivity contribution in [2.75, 3.05) is 26.2 Å². The van der Waals surface area contributed by atoms with E-state index in [9.17, 15) is 14.4 Å². The largest absolute Gasteiger partial charge is 0.466 e. The smallest absolute Gasteiger partial charge is 0.310 e. The number of rotatable bonds is 18. The average Bonchev–Trinajstić information content (AvgIpc) is 3.65. The predicted octanol–water partition coefficient (Wildman–Crippen LogP) is 8.78. The quantitative estimate of drug-likeness (QED) is 0.132. The van der Waals surface area contributed by atoms with Crippen LogP contribution in [0.5, 0.6) is 0 Å². The number of hydrogen-bond acceptors (Lipinski definition) is 6. The summed E-state index contributed by atoms with van der Waals surface area (Å²) < 4.78 is 11.6. The fraction of sp³-hybridized carbons (Fsp3) is 0.553. The van der Waals surface area contributed by atoms with E-state index in [2.05, 4.69) is 83.0 Å². The number of nitrogens with one attached hydrogen (secondary N) is 1. The van der Waals surface area contributed by atoms with E-state index in [1.807, 2.05) is 45.9 Å². The number of benzene rings is 3. The SMILES string of the molecule is CCOC(=O)[C@@H]1CC[C@H](NC(=O)C2(C[C@@H](CN(CCc3ccccc3)CCc3ccccc3)C(=O)OC(C)(C)C)CCCC2)C[C@@H]1CCc1ccccc1. The molecule has 7 nitrogen and oxygen atoms in total. The molecule has 2 aliphatic carbocycles. The molecular weight excluding hydrogens is 673 g/mol. The number of aryl methyl sites for hydroxylation is 1. The van der Waals surface area contributed by atoms with E-state index in [1.165, 1.54) is 16.7 Å². The number of amides is 1. The molecular formula is C47H64N2O5. The van der Waals surface area contributed by atoms with Crippen LogP contribution in [0.2, 0.25) is 0 Å². The summed E-state index contributed by atoms with van der Waals surface area (Å²) in [6.07, 6.45) is 9.64. The van der Waals surface area contributed by atoms with Gasteiger partial charge in [-0.05, 0) is 115 Å². The molecule has 4 atom stereocenters. The molecule has 5 rings (SSSR count). The molecule has 2 saturated carbocycles. The second kappa shape index (κ2) is 20.1. The van der Waals surface area contributed by atoms with Crippen molar-refractivity contribution in [2.24, 2.45) is 23.2 Å². The maximum atomic E-state index is 14.6. The van der Waals surface area contributed by atoms with Crippen molar-refractivity contribution in [2.45, 2.75) is 116 Å². The molecule has 1 amide bonds. The van der Waals surface area contributed by atoms with Crippen LogP contribution in [-0.4, -0.2) is 60.6 Å². The van der Waals surface area contributed by atoms with Gasteiger partial charge >= 0.3 is 11.9 Å². The Morgan fingerprint density at radius 1 is 0.796 bits per heavy atom. The van der Waals surface area contributed by atoms with E-state index in [-0.39, 0.29) is 35.7 Å². The third-order valence-electron chi connectivity index (χ3n) is 11.6. The summed E-state index contributed by atoms with van der Waals surface area (Å²) in [4.78, 5) is 44.3. The van der Waals surface area contributed by atoms with Gasteiger partial charge in [0, 0.05) is 25.7 Å². The number of hydrogen-bond donors (Lipinski definition) is 1. The number of carbonyl (C=O) groups is 3. The number of esters is 2. The average molecular weight is 737 g/mol. The van der Waals surface area contributed by atoms with Crippen LogP contribution in [0.15, 0.2) is 91.0 Å². The zero-order chi connectivity index (χ0) is 38.4. The summed E-state index contributed by atoms with van der Waals surface area (Å²) >= 11 is 0. The Bertz CT molecular complexity index is 1540. The predicted molar refractivity (Wildman–Crippen MR) is 216 cm³/mol. The van der Waals surface area contributed by atoms with Crippen molar-refractivity contribution in [3.63, 3.8) is 0 Å². The molecule has 1 N–H and O–H groups in total. The zero-order valence-electron chi connectivity index (χ0n) is 33.3. The second-order valence-electron chi connectivity index (χ2n) is 16.8. The Morgan fingerprint density at radius 3 is 1.85 bits per heavy atom. The zero-order valence-corrected chi connectivity index (χ0v) is 33.3. The third-order valence-corrected chi connectivity index (χ3v) is 11.6. The molecule has 2 fully saturated rings. The van der Waals surface area contributed by atoms with Gasteiger partial charge in [-0.15, -0.1) is 0 Å². The molecule has 0 aromatic heterocycles. The molecule has 0 radical (unpaired) electrons. The molecule has 0 spiro atoms. The van der Waals surface area contributed by atoms with Gasteiger partial charge < -0.3 is 19.7 Å². The maximum Gasteiger partial charge on any atom is 0.310 e. The molecule has 0 bridgehead atoms. The Labute approximate surface area is 324 Å². The van der Waals surface area contributed by atoms with E-state index in [0.29, 0.717) is 26.0 Å². The van der Waals surface area contributed by atoms with Crippen molar-refractivity contribution >= 4 is 17.8 Å². The van der Waals surface area contributed by atoms with Gasteiger partial charge in [0.15, 0.2) is 0 Å². The normalized spacial score (nSPS) is 20.3. The molecule has 0 heterocycles. The van der Waals surface area contributed by atoms with E-state index in [0.717, 1.165) is 77.3 Å². The highest BCUT2D eigenvalue weighted by molar-refractivity contribution is 5.84. The molecule has 0 saturated heterocycles. The van der Waals surface area contributed by atoms with Gasteiger partial charge in [-0.2, -0.15) is 0 Å². The van der Waals surface area contributed by atoms with Gasteiger partial charge in [0.2, 0.25) is 5.91 Å². The van der Waals surface area contributed by atoms with Crippen molar-refractivity contribution in [1.82, 2.24) is 10.2 Å². The lowest BCUT2D eigenvalue weighted by atomic mass is 9.73. The lowest BCUT2D eigenvalue weighted by Gasteiger charge is -2.39. The topological polar surface area (TPSA) is 84.9 Å². The number of nitrogens with zero attached hydrogens (tertiary/aromatic N) is 1. The first-order chi connectivity index (χ1) is 26.0. The first kappa shape index (κ1) is 41.2. The van der Waals surface area contributed by atoms with Crippen LogP contribution < -0.4 is 5.32 Å². The minimum absolute atomic E-state index is 0.0188. The fourth-order valence-corrected chi connectivity index (χ4v) is 8.73. The lowest BCUT2D eigenvalue weighted by molar-refractivity contribution is -0.162. The summed E-state index contributed by atoms with van der Waals surface area (Å²) in [7, 11) is 0. The minimum atomic E-state index is -0.635. The molecule has 54 heavy (non-hydrogen) atoms. The first-order valence-corrected chi connectivity index (χ1v) is 20.6. The van der Waals surface area contributed by atoms with Crippen LogP contribution in [0.25, 0.3) is 0 Å². The minimum Gasteiger partial charge on any atom is -0.466 e. The second-order valence-corrected chi connectivity index (χ2v) is 16.8. The summed E-state index contributed by atoms with van der Waals surface area (Å²) in [5.41, 5.74) is 2.52. The molecule has 7 heteroatoms. The Morgan fingerprint density at radius 2 is 1.33 bits per heavy atom. The standard InChI is InChI=1S/C47H64N2O5/c1-5-53-44(51)42-26-25-41(33-39(42)24-23-36-17-9-6-10-18-36)48-45(52)47(29-15-16-30-47)34-40(43(50)54-46(2,3)4)35-49(31-27-37-19-11-7-12-20-37)32-28-38-21-13-8-14-22-38/h6-14,17-22,39-42H,5,15-16,23-35H2,1-4H3,(H,48,52)/t39-,40-,41-,42+/m0/s1. The highest BCUT2D eigenvalue weighted by Crippen LogP contribution is 2.45. The Hall–Kier alpha value is -3.97. The Balaban J connectivity index is 1.32. The van der Waals surface area contributed by atoms with E-state index in [4.69, 9.17) is 9.47 Å². The monoisotopic (exact) mass is 736 g/mol. The fourth-order valence-electron chi connectivity index (χ4n) is 8.73. The number of ether oxygens (including phenoxy) is 2. The summed E-state index contributed by atoms with van der Waals surface area (Å²) in [5.74, 6) is -0.747. The Kier molecular flexibility index (Phi) is 15.3. The first-order valence-electron chi connectivity index (χ1n) is 20.6. The lowest BCUT2D eigenvalue weighted by Crippen LogP contribution is -2.50. The number of carbonyl (C=O) groups excluding carboxylic acids is 3. The van der Waals surface area contributed by atoms with Gasteiger partial charge in [-0.1, -0.05) is 104 Å². The van der Waals surface area contributed by atoms with Gasteiger partial charge in [0.1, 0.15) is 5.60 Å². The van der Waals surface area contributed by atoms with Gasteiger partial charge in [0.05, 0.1) is 23.9 Å².